The van der Waals surface area contributed by atoms with Gasteiger partial charge in [-0.3, -0.25) is 9.36 Å². The van der Waals surface area contributed by atoms with E-state index in [-0.39, 0.29) is 30.0 Å². The van der Waals surface area contributed by atoms with Crippen LogP contribution in [0, 0.1) is 5.92 Å². The van der Waals surface area contributed by atoms with Crippen LogP contribution in [0.5, 0.6) is 0 Å². The molecule has 0 saturated heterocycles. The smallest absolute Gasteiger partial charge is 0.382 e. The van der Waals surface area contributed by atoms with Crippen molar-refractivity contribution in [1.82, 2.24) is 34.1 Å². The molecule has 15 heteroatoms. The maximum absolute atomic E-state index is 13.1. The fourth-order valence-electron chi connectivity index (χ4n) is 3.98. The number of aliphatic hydroxyl groups excluding tert-OH is 1. The molecule has 1 amide bonds. The number of anilines is 1. The standard InChI is InChI=1S/C24H22ClF3N8O3/c25-16-8-6-14(7-9-16)21-33-35(23(39)34(21)11-18(37)24(26,27)28)12-19-30-13-36(32-19)17-5-2-10-29-20(17)31-22(38)15-3-1-4-15/h2,5-10,13,15,18,37H,1,3-4,11-12H2,(H,29,31,38)/t18-/m0/s1. The molecule has 0 bridgehead atoms. The number of hydrogen-bond donors (Lipinski definition) is 2. The first kappa shape index (κ1) is 26.6. The van der Waals surface area contributed by atoms with Crippen molar-refractivity contribution < 1.29 is 23.1 Å². The average Bonchev–Trinajstić information content (AvgIpc) is 3.44. The first-order valence-corrected chi connectivity index (χ1v) is 12.3. The van der Waals surface area contributed by atoms with Crippen LogP contribution in [0.25, 0.3) is 17.1 Å². The second kappa shape index (κ2) is 10.6. The van der Waals surface area contributed by atoms with Gasteiger partial charge in [-0.05, 0) is 49.2 Å². The molecule has 4 aromatic rings. The zero-order valence-corrected chi connectivity index (χ0v) is 21.0. The van der Waals surface area contributed by atoms with Crippen molar-refractivity contribution in [2.24, 2.45) is 5.92 Å². The van der Waals surface area contributed by atoms with Gasteiger partial charge in [-0.1, -0.05) is 18.0 Å². The van der Waals surface area contributed by atoms with E-state index in [1.165, 1.54) is 41.5 Å². The summed E-state index contributed by atoms with van der Waals surface area (Å²) in [5.74, 6) is 0.139. The summed E-state index contributed by atoms with van der Waals surface area (Å²) in [6, 6.07) is 9.35. The van der Waals surface area contributed by atoms with Gasteiger partial charge < -0.3 is 10.4 Å². The van der Waals surface area contributed by atoms with Gasteiger partial charge in [0.25, 0.3) is 0 Å². The van der Waals surface area contributed by atoms with E-state index < -0.39 is 24.5 Å². The highest BCUT2D eigenvalue weighted by molar-refractivity contribution is 6.30. The Labute approximate surface area is 223 Å². The summed E-state index contributed by atoms with van der Waals surface area (Å²) in [4.78, 5) is 33.9. The van der Waals surface area contributed by atoms with Crippen LogP contribution in [0.3, 0.4) is 0 Å². The van der Waals surface area contributed by atoms with Gasteiger partial charge in [0, 0.05) is 22.7 Å². The van der Waals surface area contributed by atoms with Crippen molar-refractivity contribution in [2.75, 3.05) is 5.32 Å². The highest BCUT2D eigenvalue weighted by Crippen LogP contribution is 2.28. The highest BCUT2D eigenvalue weighted by Gasteiger charge is 2.39. The third-order valence-electron chi connectivity index (χ3n) is 6.34. The number of pyridine rings is 1. The summed E-state index contributed by atoms with van der Waals surface area (Å²) in [6.45, 7) is -1.33. The molecule has 1 fully saturated rings. The number of alkyl halides is 3. The number of benzene rings is 1. The van der Waals surface area contributed by atoms with E-state index >= 15 is 0 Å². The van der Waals surface area contributed by atoms with Crippen molar-refractivity contribution in [3.8, 4) is 17.1 Å². The molecule has 0 aliphatic heterocycles. The second-order valence-electron chi connectivity index (χ2n) is 9.03. The number of aliphatic hydroxyl groups is 1. The van der Waals surface area contributed by atoms with E-state index in [4.69, 9.17) is 11.6 Å². The van der Waals surface area contributed by atoms with Gasteiger partial charge in [0.05, 0.1) is 6.54 Å². The summed E-state index contributed by atoms with van der Waals surface area (Å²) >= 11 is 5.91. The minimum absolute atomic E-state index is 0.0566. The highest BCUT2D eigenvalue weighted by atomic mass is 35.5. The minimum Gasteiger partial charge on any atom is -0.382 e. The maximum Gasteiger partial charge on any atom is 0.416 e. The Bertz CT molecular complexity index is 1540. The Balaban J connectivity index is 1.43. The molecule has 1 aliphatic rings. The summed E-state index contributed by atoms with van der Waals surface area (Å²) in [5.41, 5.74) is -0.128. The summed E-state index contributed by atoms with van der Waals surface area (Å²) in [6.07, 6.45) is -2.19. The minimum atomic E-state index is -4.94. The number of nitrogens with one attached hydrogen (secondary N) is 1. The third-order valence-corrected chi connectivity index (χ3v) is 6.59. The van der Waals surface area contributed by atoms with Crippen molar-refractivity contribution in [3.63, 3.8) is 0 Å². The molecule has 0 unspecified atom stereocenters. The van der Waals surface area contributed by atoms with Crippen LogP contribution in [0.1, 0.15) is 25.1 Å². The van der Waals surface area contributed by atoms with E-state index in [0.717, 1.165) is 28.5 Å². The van der Waals surface area contributed by atoms with Crippen LogP contribution in [-0.2, 0) is 17.9 Å². The van der Waals surface area contributed by atoms with Crippen LogP contribution < -0.4 is 11.0 Å². The lowest BCUT2D eigenvalue weighted by Crippen LogP contribution is -2.37. The number of hydrogen-bond acceptors (Lipinski definition) is 7. The van der Waals surface area contributed by atoms with Crippen LogP contribution in [0.4, 0.5) is 19.0 Å². The maximum atomic E-state index is 13.1. The van der Waals surface area contributed by atoms with Crippen LogP contribution in [0.15, 0.2) is 53.7 Å². The van der Waals surface area contributed by atoms with Gasteiger partial charge >= 0.3 is 11.9 Å². The molecule has 1 aliphatic carbocycles. The lowest BCUT2D eigenvalue weighted by molar-refractivity contribution is -0.207. The number of rotatable bonds is 8. The summed E-state index contributed by atoms with van der Waals surface area (Å²) in [7, 11) is 0. The molecule has 0 spiro atoms. The predicted molar refractivity (Wildman–Crippen MR) is 133 cm³/mol. The Morgan fingerprint density at radius 2 is 1.90 bits per heavy atom. The summed E-state index contributed by atoms with van der Waals surface area (Å²) in [5, 5.41) is 21.4. The lowest BCUT2D eigenvalue weighted by Gasteiger charge is -2.24. The molecule has 3 heterocycles. The monoisotopic (exact) mass is 562 g/mol. The number of carbonyl (C=O) groups excluding carboxylic acids is 1. The Morgan fingerprint density at radius 3 is 2.56 bits per heavy atom. The normalized spacial score (nSPS) is 14.7. The van der Waals surface area contributed by atoms with E-state index in [1.807, 2.05) is 0 Å². The third kappa shape index (κ3) is 5.71. The molecule has 11 nitrogen and oxygen atoms in total. The SMILES string of the molecule is O=C(Nc1ncccc1-n1cnc(Cn2nc(-c3ccc(Cl)cc3)n(C[C@H](O)C(F)(F)F)c2=O)n1)C1CCC1. The van der Waals surface area contributed by atoms with Crippen LogP contribution in [-0.4, -0.2) is 57.4 Å². The molecule has 204 valence electrons. The molecule has 1 saturated carbocycles. The molecule has 5 rings (SSSR count). The van der Waals surface area contributed by atoms with Crippen molar-refractivity contribution in [3.05, 3.63) is 70.3 Å². The Morgan fingerprint density at radius 1 is 1.15 bits per heavy atom. The molecule has 1 atom stereocenters. The van der Waals surface area contributed by atoms with E-state index in [1.54, 1.807) is 12.1 Å². The van der Waals surface area contributed by atoms with Gasteiger partial charge in [-0.2, -0.15) is 13.2 Å². The van der Waals surface area contributed by atoms with Crippen LogP contribution >= 0.6 is 11.6 Å². The molecule has 3 aromatic heterocycles. The first-order chi connectivity index (χ1) is 18.6. The van der Waals surface area contributed by atoms with Gasteiger partial charge in [0.1, 0.15) is 18.6 Å². The van der Waals surface area contributed by atoms with Gasteiger partial charge in [-0.25, -0.2) is 24.1 Å². The van der Waals surface area contributed by atoms with E-state index in [9.17, 15) is 27.9 Å². The zero-order chi connectivity index (χ0) is 27.7. The Hall–Kier alpha value is -4.04. The number of carbonyl (C=O) groups is 1. The van der Waals surface area contributed by atoms with Crippen molar-refractivity contribution in [2.45, 2.75) is 44.6 Å². The second-order valence-corrected chi connectivity index (χ2v) is 9.47. The van der Waals surface area contributed by atoms with Gasteiger partial charge in [0.2, 0.25) is 5.91 Å². The topological polar surface area (TPSA) is 133 Å². The lowest BCUT2D eigenvalue weighted by atomic mass is 9.85. The largest absolute Gasteiger partial charge is 0.416 e. The predicted octanol–water partition coefficient (Wildman–Crippen LogP) is 3.05. The van der Waals surface area contributed by atoms with Crippen molar-refractivity contribution >= 4 is 23.3 Å². The average molecular weight is 563 g/mol. The fraction of sp³-hybridized carbons (Fsp3) is 0.333. The van der Waals surface area contributed by atoms with E-state index in [0.29, 0.717) is 22.1 Å². The quantitative estimate of drug-likeness (QED) is 0.337. The number of nitrogens with zero attached hydrogens (tertiary/aromatic N) is 7. The number of aromatic nitrogens is 7. The zero-order valence-electron chi connectivity index (χ0n) is 20.2. The van der Waals surface area contributed by atoms with Gasteiger partial charge in [0.15, 0.2) is 23.6 Å². The fourth-order valence-corrected chi connectivity index (χ4v) is 4.11. The Kier molecular flexibility index (Phi) is 7.23. The number of amides is 1. The molecule has 39 heavy (non-hydrogen) atoms. The van der Waals surface area contributed by atoms with Crippen molar-refractivity contribution in [1.29, 1.82) is 0 Å². The first-order valence-electron chi connectivity index (χ1n) is 12.0. The van der Waals surface area contributed by atoms with E-state index in [2.05, 4.69) is 25.5 Å². The summed E-state index contributed by atoms with van der Waals surface area (Å²) < 4.78 is 42.3. The molecular formula is C24H22ClF3N8O3. The van der Waals surface area contributed by atoms with Crippen LogP contribution in [0.2, 0.25) is 5.02 Å². The molecule has 1 aromatic carbocycles. The number of halogens is 4. The molecule has 2 N–H and O–H groups in total. The van der Waals surface area contributed by atoms with Gasteiger partial charge in [-0.15, -0.1) is 10.2 Å². The molecular weight excluding hydrogens is 541 g/mol. The molecule has 0 radical (unpaired) electrons.